The monoisotopic (exact) mass is 531 g/mol. The van der Waals surface area contributed by atoms with Gasteiger partial charge < -0.3 is 15.7 Å². The van der Waals surface area contributed by atoms with Gasteiger partial charge in [-0.3, -0.25) is 9.59 Å². The second kappa shape index (κ2) is 11.1. The van der Waals surface area contributed by atoms with E-state index >= 15 is 0 Å². The summed E-state index contributed by atoms with van der Waals surface area (Å²) in [7, 11) is 0. The number of aromatic carboxylic acids is 1. The number of hydrogen-bond donors (Lipinski definition) is 3. The molecule has 194 valence electrons. The Bertz CT molecular complexity index is 1230. The molecule has 1 atom stereocenters. The van der Waals surface area contributed by atoms with Crippen LogP contribution in [0.3, 0.4) is 0 Å². The van der Waals surface area contributed by atoms with E-state index in [1.807, 2.05) is 0 Å². The second-order valence-electron chi connectivity index (χ2n) is 7.65. The van der Waals surface area contributed by atoms with Crippen LogP contribution in [-0.2, 0) is 22.2 Å². The lowest BCUT2D eigenvalue weighted by molar-refractivity contribution is -0.137. The average Bonchev–Trinajstić information content (AvgIpc) is 3.36. The number of carbonyl (C=O) groups is 3. The second-order valence-corrected chi connectivity index (χ2v) is 8.05. The molecule has 2 amide bonds. The fourth-order valence-electron chi connectivity index (χ4n) is 3.56. The molecule has 1 saturated heterocycles. The number of nitrogens with one attached hydrogen (secondary N) is 2. The van der Waals surface area contributed by atoms with Crippen molar-refractivity contribution < 1.29 is 37.5 Å². The molecule has 1 fully saturated rings. The summed E-state index contributed by atoms with van der Waals surface area (Å²) in [5.41, 5.74) is -3.73. The first-order valence-corrected chi connectivity index (χ1v) is 11.0. The molecule has 1 aromatic heterocycles. The molecule has 1 aliphatic heterocycles. The summed E-state index contributed by atoms with van der Waals surface area (Å²) in [4.78, 5) is 54.7. The number of hydrogen-bond acceptors (Lipinski definition) is 7. The van der Waals surface area contributed by atoms with E-state index in [-0.39, 0.29) is 23.1 Å². The maximum Gasteiger partial charge on any atom is 0.416 e. The van der Waals surface area contributed by atoms with E-state index in [2.05, 4.69) is 15.7 Å². The zero-order valence-corrected chi connectivity index (χ0v) is 19.5. The standard InChI is InChI=1S/C21H21ClF3N5O6/c1-2-14-17(19(33)34)16(31)9-28-29(14)20(35)30(36-10-27-18(32)11-5-6-26-8-11)15-7-12(21(23,24)25)3-4-13(15)22/h3-4,7,9,11,26H,2,5-6,8,10H2,1H3,(H,27,32)(H,33,34). The van der Waals surface area contributed by atoms with Crippen LogP contribution in [0.2, 0.25) is 5.02 Å². The molecule has 3 rings (SSSR count). The molecule has 1 aromatic carbocycles. The average molecular weight is 532 g/mol. The summed E-state index contributed by atoms with van der Waals surface area (Å²) in [6.45, 7) is 1.87. The molecule has 2 heterocycles. The van der Waals surface area contributed by atoms with Crippen molar-refractivity contribution >= 4 is 35.2 Å². The van der Waals surface area contributed by atoms with Gasteiger partial charge in [-0.2, -0.15) is 28.0 Å². The smallest absolute Gasteiger partial charge is 0.416 e. The number of rotatable bonds is 7. The predicted octanol–water partition coefficient (Wildman–Crippen LogP) is 2.27. The van der Waals surface area contributed by atoms with E-state index in [1.165, 1.54) is 6.92 Å². The van der Waals surface area contributed by atoms with Gasteiger partial charge in [-0.25, -0.2) is 14.4 Å². The Morgan fingerprint density at radius 1 is 1.36 bits per heavy atom. The van der Waals surface area contributed by atoms with Gasteiger partial charge in [0.2, 0.25) is 11.3 Å². The van der Waals surface area contributed by atoms with Crippen molar-refractivity contribution in [2.45, 2.75) is 25.9 Å². The summed E-state index contributed by atoms with van der Waals surface area (Å²) in [5.74, 6) is -2.39. The number of hydroxylamine groups is 1. The van der Waals surface area contributed by atoms with Crippen LogP contribution in [0.4, 0.5) is 23.7 Å². The van der Waals surface area contributed by atoms with Crippen molar-refractivity contribution in [2.75, 3.05) is 24.9 Å². The van der Waals surface area contributed by atoms with Crippen LogP contribution in [0.25, 0.3) is 0 Å². The Kier molecular flexibility index (Phi) is 8.32. The fourth-order valence-corrected chi connectivity index (χ4v) is 3.76. The fraction of sp³-hybridized carbons (Fsp3) is 0.381. The number of benzene rings is 1. The van der Waals surface area contributed by atoms with Crippen molar-refractivity contribution in [3.63, 3.8) is 0 Å². The first kappa shape index (κ1) is 27.1. The molecule has 0 spiro atoms. The zero-order valence-electron chi connectivity index (χ0n) is 18.8. The number of carboxylic acid groups (broad SMARTS) is 1. The highest BCUT2D eigenvalue weighted by Crippen LogP contribution is 2.36. The van der Waals surface area contributed by atoms with Gasteiger partial charge in [-0.05, 0) is 37.6 Å². The number of amides is 2. The topological polar surface area (TPSA) is 143 Å². The third kappa shape index (κ3) is 5.83. The van der Waals surface area contributed by atoms with Crippen LogP contribution in [0.1, 0.15) is 35.0 Å². The van der Waals surface area contributed by atoms with Crippen molar-refractivity contribution in [3.8, 4) is 0 Å². The number of anilines is 1. The van der Waals surface area contributed by atoms with Gasteiger partial charge in [0.05, 0.1) is 34.1 Å². The molecule has 36 heavy (non-hydrogen) atoms. The molecule has 3 N–H and O–H groups in total. The quantitative estimate of drug-likeness (QED) is 0.365. The Balaban J connectivity index is 2.03. The lowest BCUT2D eigenvalue weighted by atomic mass is 10.1. The number of aromatic nitrogens is 2. The molecule has 11 nitrogen and oxygen atoms in total. The summed E-state index contributed by atoms with van der Waals surface area (Å²) in [6.07, 6.45) is -3.79. The van der Waals surface area contributed by atoms with Crippen molar-refractivity contribution in [1.82, 2.24) is 20.4 Å². The van der Waals surface area contributed by atoms with E-state index in [4.69, 9.17) is 16.4 Å². The van der Waals surface area contributed by atoms with Gasteiger partial charge in [0.15, 0.2) is 0 Å². The Morgan fingerprint density at radius 2 is 2.08 bits per heavy atom. The number of alkyl halides is 3. The number of carbonyl (C=O) groups excluding carboxylic acids is 2. The van der Waals surface area contributed by atoms with Gasteiger partial charge in [-0.15, -0.1) is 0 Å². The van der Waals surface area contributed by atoms with E-state index in [0.717, 1.165) is 6.07 Å². The maximum absolute atomic E-state index is 13.4. The molecule has 2 aromatic rings. The predicted molar refractivity (Wildman–Crippen MR) is 120 cm³/mol. The lowest BCUT2D eigenvalue weighted by Gasteiger charge is -2.25. The molecular weight excluding hydrogens is 511 g/mol. The minimum absolute atomic E-state index is 0.147. The SMILES string of the molecule is CCc1c(C(=O)O)c(=O)cnn1C(=O)N(OCNC(=O)C1CCNC1)c1cc(C(F)(F)F)ccc1Cl. The molecule has 0 radical (unpaired) electrons. The molecular formula is C21H21ClF3N5O6. The third-order valence-electron chi connectivity index (χ3n) is 5.35. The maximum atomic E-state index is 13.4. The Labute approximate surface area is 206 Å². The van der Waals surface area contributed by atoms with Crippen LogP contribution < -0.4 is 21.1 Å². The highest BCUT2D eigenvalue weighted by Gasteiger charge is 2.34. The third-order valence-corrected chi connectivity index (χ3v) is 5.67. The Morgan fingerprint density at radius 3 is 2.67 bits per heavy atom. The van der Waals surface area contributed by atoms with E-state index < -0.39 is 53.1 Å². The van der Waals surface area contributed by atoms with Crippen molar-refractivity contribution in [3.05, 3.63) is 56.5 Å². The Hall–Kier alpha value is -3.49. The number of carboxylic acids is 1. The first-order valence-electron chi connectivity index (χ1n) is 10.6. The molecule has 15 heteroatoms. The van der Waals surface area contributed by atoms with Crippen LogP contribution in [0, 0.1) is 5.92 Å². The normalized spacial score (nSPS) is 15.5. The summed E-state index contributed by atoms with van der Waals surface area (Å²) in [5, 5.41) is 18.5. The van der Waals surface area contributed by atoms with E-state index in [0.29, 0.717) is 47.6 Å². The highest BCUT2D eigenvalue weighted by atomic mass is 35.5. The first-order chi connectivity index (χ1) is 17.0. The zero-order chi connectivity index (χ0) is 26.6. The van der Waals surface area contributed by atoms with Gasteiger partial charge in [0.1, 0.15) is 12.3 Å². The van der Waals surface area contributed by atoms with Gasteiger partial charge >= 0.3 is 18.2 Å². The molecule has 0 bridgehead atoms. The van der Waals surface area contributed by atoms with Crippen LogP contribution in [0.5, 0.6) is 0 Å². The number of halogens is 4. The van der Waals surface area contributed by atoms with Gasteiger partial charge in [0, 0.05) is 6.54 Å². The van der Waals surface area contributed by atoms with Crippen molar-refractivity contribution in [1.29, 1.82) is 0 Å². The molecule has 0 aliphatic carbocycles. The highest BCUT2D eigenvalue weighted by molar-refractivity contribution is 6.33. The number of nitrogens with zero attached hydrogens (tertiary/aromatic N) is 3. The largest absolute Gasteiger partial charge is 0.477 e. The van der Waals surface area contributed by atoms with Gasteiger partial charge in [0.25, 0.3) is 0 Å². The van der Waals surface area contributed by atoms with Gasteiger partial charge in [-0.1, -0.05) is 18.5 Å². The minimum atomic E-state index is -4.79. The van der Waals surface area contributed by atoms with Crippen LogP contribution in [-0.4, -0.2) is 52.6 Å². The molecule has 1 aliphatic rings. The van der Waals surface area contributed by atoms with Crippen LogP contribution >= 0.6 is 11.6 Å². The summed E-state index contributed by atoms with van der Waals surface area (Å²) in [6, 6.07) is 0.872. The summed E-state index contributed by atoms with van der Waals surface area (Å²) < 4.78 is 40.6. The van der Waals surface area contributed by atoms with Crippen molar-refractivity contribution in [2.24, 2.45) is 5.92 Å². The van der Waals surface area contributed by atoms with E-state index in [9.17, 15) is 37.5 Å². The molecule has 1 unspecified atom stereocenters. The van der Waals surface area contributed by atoms with E-state index in [1.54, 1.807) is 0 Å². The minimum Gasteiger partial charge on any atom is -0.477 e. The van der Waals surface area contributed by atoms with Crippen LogP contribution in [0.15, 0.2) is 29.2 Å². The summed E-state index contributed by atoms with van der Waals surface area (Å²) >= 11 is 6.09. The molecule has 0 saturated carbocycles. The lowest BCUT2D eigenvalue weighted by Crippen LogP contribution is -2.43.